The van der Waals surface area contributed by atoms with Gasteiger partial charge in [-0.1, -0.05) is 121 Å². The first-order chi connectivity index (χ1) is 44.5. The van der Waals surface area contributed by atoms with Crippen LogP contribution in [-0.2, 0) is 63.9 Å². The number of likely N-dealkylation sites (N-methyl/N-ethyl adjacent to an activating group) is 7. The van der Waals surface area contributed by atoms with Crippen molar-refractivity contribution in [1.29, 1.82) is 0 Å². The van der Waals surface area contributed by atoms with E-state index in [1.807, 2.05) is 55.4 Å². The number of aliphatic hydroxyl groups excluding tert-OH is 1. The highest BCUT2D eigenvalue weighted by molar-refractivity contribution is 6.00. The molecular formula is C71H119N11O14. The topological polar surface area (TPSA) is 305 Å². The number of hydrogen-bond acceptors (Lipinski definition) is 14. The molecule has 1 fully saturated rings. The van der Waals surface area contributed by atoms with E-state index in [2.05, 4.69) is 21.3 Å². The lowest BCUT2D eigenvalue weighted by Crippen LogP contribution is -2.64. The second-order valence-corrected chi connectivity index (χ2v) is 28.7. The molecule has 25 nitrogen and oxygen atoms in total. The van der Waals surface area contributed by atoms with Gasteiger partial charge in [-0.3, -0.25) is 52.7 Å². The van der Waals surface area contributed by atoms with Crippen molar-refractivity contribution >= 4 is 70.9 Å². The molecule has 542 valence electrons. The van der Waals surface area contributed by atoms with Gasteiger partial charge in [0, 0.05) is 55.8 Å². The number of nitrogens with one attached hydrogen (secondary N) is 4. The van der Waals surface area contributed by atoms with E-state index in [1.165, 1.54) is 107 Å². The Hall–Kier alpha value is -7.44. The van der Waals surface area contributed by atoms with Crippen LogP contribution >= 0.6 is 0 Å². The Labute approximate surface area is 572 Å². The summed E-state index contributed by atoms with van der Waals surface area (Å²) in [5.41, 5.74) is 0.697. The molecule has 0 aromatic heterocycles. The molecule has 0 aliphatic carbocycles. The highest BCUT2D eigenvalue weighted by Gasteiger charge is 2.46. The minimum atomic E-state index is -1.68. The number of aliphatic hydroxyl groups is 1. The summed E-state index contributed by atoms with van der Waals surface area (Å²) in [5, 5.41) is 23.4. The third-order valence-corrected chi connectivity index (χ3v) is 18.2. The average molecular weight is 1350 g/mol. The predicted molar refractivity (Wildman–Crippen MR) is 369 cm³/mol. The molecule has 25 heteroatoms. The summed E-state index contributed by atoms with van der Waals surface area (Å²) in [7, 11) is 11.1. The molecule has 1 aliphatic heterocycles. The number of rotatable bonds is 18. The summed E-state index contributed by atoms with van der Waals surface area (Å²) < 4.78 is 4.92. The normalized spacial score (nSPS) is 25.9. The zero-order chi connectivity index (χ0) is 73.8. The van der Waals surface area contributed by atoms with Gasteiger partial charge in [0.15, 0.2) is 0 Å². The van der Waals surface area contributed by atoms with Gasteiger partial charge in [-0.2, -0.15) is 0 Å². The maximum atomic E-state index is 15.5. The molecule has 1 heterocycles. The predicted octanol–water partition coefficient (Wildman–Crippen LogP) is 4.67. The van der Waals surface area contributed by atoms with Gasteiger partial charge in [0.25, 0.3) is 0 Å². The molecule has 1 saturated heterocycles. The maximum Gasteiger partial charge on any atom is 0.337 e. The summed E-state index contributed by atoms with van der Waals surface area (Å²) >= 11 is 0. The standard InChI is InChI=1S/C71H119N11O14/c1-26-28-29-45(15)59(83)58-63(87)74-50(27-2)65(89)79(21)55(38-48-30-32-49(33-31-48)71(95)96-25)67(91)76(18)52(35-40(5)6)62(86)75-56(43(11)12)69(93)77(19)51(34-39(3)4)61(85)72-46(16)60(84)73-47(17)64(88)78(20)53(36-41(7)8)66(90)80(22)54(37-42(9)10)68(92)81(23)57(44(13)14)70(94)82(58)24/h26,28,30-33,39-47,50-59,83H,27,29,34-38H2,1-25H3,(H,72,85)(H,73,84)(H,74,87)(H,75,86)/t45-,46+,47-,50+,51+,52+,53+,54+,55?,56+,57+,58+,59-/m1/s1. The molecule has 2 rings (SSSR count). The van der Waals surface area contributed by atoms with Crippen molar-refractivity contribution in [2.45, 2.75) is 235 Å². The summed E-state index contributed by atoms with van der Waals surface area (Å²) in [6.07, 6.45) is 2.50. The fourth-order valence-corrected chi connectivity index (χ4v) is 12.1. The zero-order valence-electron chi connectivity index (χ0n) is 62.3. The largest absolute Gasteiger partial charge is 0.465 e. The highest BCUT2D eigenvalue weighted by atomic mass is 16.5. The van der Waals surface area contributed by atoms with Gasteiger partial charge in [0.1, 0.15) is 66.5 Å². The molecule has 96 heavy (non-hydrogen) atoms. The monoisotopic (exact) mass is 1350 g/mol. The summed E-state index contributed by atoms with van der Waals surface area (Å²) in [6, 6.07) is -8.18. The van der Waals surface area contributed by atoms with Crippen molar-refractivity contribution in [3.05, 3.63) is 47.5 Å². The van der Waals surface area contributed by atoms with Crippen molar-refractivity contribution in [3.63, 3.8) is 0 Å². The number of allylic oxidation sites excluding steroid dienone is 2. The van der Waals surface area contributed by atoms with Gasteiger partial charge in [-0.05, 0) is 118 Å². The van der Waals surface area contributed by atoms with Crippen LogP contribution < -0.4 is 21.3 Å². The van der Waals surface area contributed by atoms with E-state index in [4.69, 9.17) is 4.74 Å². The van der Waals surface area contributed by atoms with Crippen LogP contribution in [0.1, 0.15) is 172 Å². The lowest BCUT2D eigenvalue weighted by atomic mass is 9.91. The first kappa shape index (κ1) is 84.6. The van der Waals surface area contributed by atoms with Crippen LogP contribution in [0, 0.1) is 41.4 Å². The highest BCUT2D eigenvalue weighted by Crippen LogP contribution is 2.27. The van der Waals surface area contributed by atoms with Crippen LogP contribution in [0.15, 0.2) is 36.4 Å². The Morgan fingerprint density at radius 1 is 0.479 bits per heavy atom. The minimum Gasteiger partial charge on any atom is -0.465 e. The van der Waals surface area contributed by atoms with E-state index in [1.54, 1.807) is 72.8 Å². The van der Waals surface area contributed by atoms with E-state index in [9.17, 15) is 29.1 Å². The van der Waals surface area contributed by atoms with Crippen LogP contribution in [0.2, 0.25) is 0 Å². The Bertz CT molecular complexity index is 2860. The number of esters is 1. The third kappa shape index (κ3) is 22.8. The summed E-state index contributed by atoms with van der Waals surface area (Å²) in [4.78, 5) is 186. The van der Waals surface area contributed by atoms with Crippen LogP contribution in [0.25, 0.3) is 0 Å². The molecule has 1 aliphatic rings. The van der Waals surface area contributed by atoms with E-state index in [0.29, 0.717) is 5.56 Å². The van der Waals surface area contributed by atoms with Crippen molar-refractivity contribution in [2.24, 2.45) is 41.4 Å². The van der Waals surface area contributed by atoms with Crippen LogP contribution in [0.4, 0.5) is 0 Å². The molecule has 0 spiro atoms. The van der Waals surface area contributed by atoms with Crippen LogP contribution in [0.5, 0.6) is 0 Å². The molecule has 0 saturated carbocycles. The van der Waals surface area contributed by atoms with Crippen LogP contribution in [0.3, 0.4) is 0 Å². The van der Waals surface area contributed by atoms with Gasteiger partial charge in [-0.15, -0.1) is 0 Å². The first-order valence-corrected chi connectivity index (χ1v) is 34.1. The molecule has 1 unspecified atom stereocenters. The quantitative estimate of drug-likeness (QED) is 0.0987. The van der Waals surface area contributed by atoms with Crippen molar-refractivity contribution in [1.82, 2.24) is 55.6 Å². The molecular weight excluding hydrogens is 1230 g/mol. The second kappa shape index (κ2) is 38.5. The fourth-order valence-electron chi connectivity index (χ4n) is 12.1. The number of carbonyl (C=O) groups excluding carboxylic acids is 12. The Morgan fingerprint density at radius 2 is 0.885 bits per heavy atom. The molecule has 0 radical (unpaired) electrons. The second-order valence-electron chi connectivity index (χ2n) is 28.7. The van der Waals surface area contributed by atoms with Crippen molar-refractivity contribution < 1.29 is 67.4 Å². The SMILES string of the molecule is CC=CC[C@@H](C)[C@@H](O)[C@H]1C(=O)N[C@@H](CC)C(=O)N(C)C(Cc2ccc(C(=O)OC)cc2)C(=O)N(C)[C@@H](CC(C)C)C(=O)N[C@@H](C(C)C)C(=O)N(C)[C@@H](CC(C)C)C(=O)N[C@@H](C)C(=O)N[C@H](C)C(=O)N(C)[C@@H](CC(C)C)C(=O)N(C)[C@@H](CC(C)C)C(=O)N(C)[C@@H](C(C)C)C(=O)N1C. The molecule has 0 bridgehead atoms. The number of methoxy groups -OCH3 is 1. The number of carbonyl (C=O) groups is 12. The van der Waals surface area contributed by atoms with E-state index in [0.717, 1.165) is 9.80 Å². The molecule has 5 N–H and O–H groups in total. The van der Waals surface area contributed by atoms with Gasteiger partial charge in [-0.25, -0.2) is 4.79 Å². The first-order valence-electron chi connectivity index (χ1n) is 34.1. The summed E-state index contributed by atoms with van der Waals surface area (Å²) in [5.74, 6) is -11.1. The molecule has 11 amide bonds. The third-order valence-electron chi connectivity index (χ3n) is 18.2. The fraction of sp³-hybridized carbons (Fsp3) is 0.718. The smallest absolute Gasteiger partial charge is 0.337 e. The molecule has 1 aromatic rings. The number of nitrogens with zero attached hydrogens (tertiary/aromatic N) is 7. The Kier molecular flexibility index (Phi) is 33.9. The molecule has 13 atom stereocenters. The average Bonchev–Trinajstić information content (AvgIpc) is 0.805. The van der Waals surface area contributed by atoms with Crippen molar-refractivity contribution in [3.8, 4) is 0 Å². The van der Waals surface area contributed by atoms with Gasteiger partial charge in [0.2, 0.25) is 65.0 Å². The maximum absolute atomic E-state index is 15.5. The minimum absolute atomic E-state index is 0.0599. The number of benzene rings is 1. The Balaban J connectivity index is 3.18. The lowest BCUT2D eigenvalue weighted by molar-refractivity contribution is -0.157. The van der Waals surface area contributed by atoms with Gasteiger partial charge < -0.3 is 65.4 Å². The van der Waals surface area contributed by atoms with Gasteiger partial charge in [0.05, 0.1) is 18.8 Å². The van der Waals surface area contributed by atoms with Gasteiger partial charge >= 0.3 is 5.97 Å². The zero-order valence-corrected chi connectivity index (χ0v) is 62.3. The number of amides is 11. The van der Waals surface area contributed by atoms with Crippen LogP contribution in [-0.4, -0.2) is 239 Å². The van der Waals surface area contributed by atoms with E-state index < -0.39 is 161 Å². The lowest BCUT2D eigenvalue weighted by Gasteiger charge is -2.41. The van der Waals surface area contributed by atoms with E-state index >= 15 is 33.6 Å². The molecule has 1 aromatic carbocycles. The Morgan fingerprint density at radius 3 is 1.33 bits per heavy atom. The number of hydrogen-bond donors (Lipinski definition) is 5. The van der Waals surface area contributed by atoms with Crippen molar-refractivity contribution in [2.75, 3.05) is 56.4 Å². The summed E-state index contributed by atoms with van der Waals surface area (Å²) in [6.45, 7) is 29.7. The van der Waals surface area contributed by atoms with E-state index in [-0.39, 0.29) is 74.2 Å². The number of ether oxygens (including phenoxy) is 1.